The first-order chi connectivity index (χ1) is 12.0. The second kappa shape index (κ2) is 7.09. The molecule has 6 heteroatoms. The van der Waals surface area contributed by atoms with Crippen molar-refractivity contribution in [3.63, 3.8) is 0 Å². The molecule has 0 aliphatic carbocycles. The number of piperazine rings is 1. The van der Waals surface area contributed by atoms with Gasteiger partial charge in [0.15, 0.2) is 0 Å². The topological polar surface area (TPSA) is 58.4 Å². The third-order valence-electron chi connectivity index (χ3n) is 4.86. The SMILES string of the molecule is CC(=O)N1CCN(C(=O)c2cc(C)n(Cc3ccccn3)c2C)CC1. The number of hydrogen-bond donors (Lipinski definition) is 0. The molecule has 132 valence electrons. The molecule has 0 spiro atoms. The molecule has 0 N–H and O–H groups in total. The molecule has 3 heterocycles. The van der Waals surface area contributed by atoms with E-state index in [-0.39, 0.29) is 11.8 Å². The van der Waals surface area contributed by atoms with Gasteiger partial charge in [0.2, 0.25) is 5.91 Å². The molecule has 2 amide bonds. The first kappa shape index (κ1) is 17.2. The Kier molecular flexibility index (Phi) is 4.88. The molecule has 1 saturated heterocycles. The molecule has 6 nitrogen and oxygen atoms in total. The number of nitrogens with zero attached hydrogens (tertiary/aromatic N) is 4. The van der Waals surface area contributed by atoms with Gasteiger partial charge in [-0.05, 0) is 32.0 Å². The van der Waals surface area contributed by atoms with Crippen molar-refractivity contribution in [2.75, 3.05) is 26.2 Å². The Morgan fingerprint density at radius 3 is 2.36 bits per heavy atom. The van der Waals surface area contributed by atoms with Gasteiger partial charge in [0.1, 0.15) is 0 Å². The molecule has 0 saturated carbocycles. The second-order valence-corrected chi connectivity index (χ2v) is 6.49. The molecule has 2 aromatic rings. The van der Waals surface area contributed by atoms with E-state index >= 15 is 0 Å². The van der Waals surface area contributed by atoms with Crippen molar-refractivity contribution in [3.05, 3.63) is 53.1 Å². The molecule has 0 aromatic carbocycles. The van der Waals surface area contributed by atoms with Crippen LogP contribution in [0.1, 0.15) is 34.4 Å². The summed E-state index contributed by atoms with van der Waals surface area (Å²) >= 11 is 0. The second-order valence-electron chi connectivity index (χ2n) is 6.49. The van der Waals surface area contributed by atoms with Crippen molar-refractivity contribution in [2.24, 2.45) is 0 Å². The number of aromatic nitrogens is 2. The first-order valence-electron chi connectivity index (χ1n) is 8.59. The minimum atomic E-state index is 0.0450. The van der Waals surface area contributed by atoms with Gasteiger partial charge in [0.25, 0.3) is 5.91 Å². The average molecular weight is 340 g/mol. The van der Waals surface area contributed by atoms with Crippen LogP contribution in [0.4, 0.5) is 0 Å². The molecular formula is C19H24N4O2. The maximum absolute atomic E-state index is 12.9. The normalized spacial score (nSPS) is 14.7. The highest BCUT2D eigenvalue weighted by molar-refractivity contribution is 5.96. The number of carbonyl (C=O) groups is 2. The number of rotatable bonds is 3. The molecule has 2 aromatic heterocycles. The number of aryl methyl sites for hydroxylation is 1. The van der Waals surface area contributed by atoms with Crippen LogP contribution in [-0.4, -0.2) is 57.3 Å². The van der Waals surface area contributed by atoms with Crippen molar-refractivity contribution in [2.45, 2.75) is 27.3 Å². The fraction of sp³-hybridized carbons (Fsp3) is 0.421. The minimum absolute atomic E-state index is 0.0450. The summed E-state index contributed by atoms with van der Waals surface area (Å²) in [6.45, 7) is 8.61. The molecule has 0 unspecified atom stereocenters. The van der Waals surface area contributed by atoms with Crippen molar-refractivity contribution < 1.29 is 9.59 Å². The highest BCUT2D eigenvalue weighted by Crippen LogP contribution is 2.19. The van der Waals surface area contributed by atoms with Crippen LogP contribution in [0.3, 0.4) is 0 Å². The predicted octanol–water partition coefficient (Wildman–Crippen LogP) is 1.85. The Morgan fingerprint density at radius 1 is 1.08 bits per heavy atom. The van der Waals surface area contributed by atoms with E-state index in [2.05, 4.69) is 9.55 Å². The van der Waals surface area contributed by atoms with Crippen LogP contribution >= 0.6 is 0 Å². The fourth-order valence-corrected chi connectivity index (χ4v) is 3.31. The van der Waals surface area contributed by atoms with E-state index in [1.54, 1.807) is 18.0 Å². The van der Waals surface area contributed by atoms with Gasteiger partial charge in [-0.1, -0.05) is 6.07 Å². The summed E-state index contributed by atoms with van der Waals surface area (Å²) < 4.78 is 2.13. The van der Waals surface area contributed by atoms with Gasteiger partial charge in [0.05, 0.1) is 17.8 Å². The van der Waals surface area contributed by atoms with E-state index in [9.17, 15) is 9.59 Å². The molecule has 3 rings (SSSR count). The number of hydrogen-bond acceptors (Lipinski definition) is 3. The van der Waals surface area contributed by atoms with E-state index in [1.165, 1.54) is 0 Å². The Labute approximate surface area is 148 Å². The monoisotopic (exact) mass is 340 g/mol. The summed E-state index contributed by atoms with van der Waals surface area (Å²) in [5.74, 6) is 0.115. The van der Waals surface area contributed by atoms with E-state index in [0.717, 1.165) is 22.6 Å². The van der Waals surface area contributed by atoms with Gasteiger partial charge >= 0.3 is 0 Å². The number of pyridine rings is 1. The standard InChI is InChI=1S/C19H24N4O2/c1-14-12-18(15(2)23(14)13-17-6-4-5-7-20-17)19(25)22-10-8-21(9-11-22)16(3)24/h4-7,12H,8-11,13H2,1-3H3. The van der Waals surface area contributed by atoms with E-state index in [1.807, 2.05) is 43.0 Å². The zero-order valence-electron chi connectivity index (χ0n) is 15.0. The molecular weight excluding hydrogens is 316 g/mol. The summed E-state index contributed by atoms with van der Waals surface area (Å²) in [6.07, 6.45) is 1.78. The van der Waals surface area contributed by atoms with E-state index in [4.69, 9.17) is 0 Å². The van der Waals surface area contributed by atoms with Crippen LogP contribution in [0.5, 0.6) is 0 Å². The lowest BCUT2D eigenvalue weighted by Crippen LogP contribution is -2.50. The lowest BCUT2D eigenvalue weighted by atomic mass is 10.2. The summed E-state index contributed by atoms with van der Waals surface area (Å²) in [7, 11) is 0. The molecule has 25 heavy (non-hydrogen) atoms. The van der Waals surface area contributed by atoms with Gasteiger partial charge < -0.3 is 14.4 Å². The lowest BCUT2D eigenvalue weighted by molar-refractivity contribution is -0.130. The maximum atomic E-state index is 12.9. The largest absolute Gasteiger partial charge is 0.342 e. The first-order valence-corrected chi connectivity index (χ1v) is 8.59. The summed E-state index contributed by atoms with van der Waals surface area (Å²) in [6, 6.07) is 7.81. The zero-order valence-corrected chi connectivity index (χ0v) is 15.0. The molecule has 1 aliphatic rings. The van der Waals surface area contributed by atoms with Crippen LogP contribution in [0.15, 0.2) is 30.5 Å². The summed E-state index contributed by atoms with van der Waals surface area (Å²) in [5, 5.41) is 0. The maximum Gasteiger partial charge on any atom is 0.255 e. The summed E-state index contributed by atoms with van der Waals surface area (Å²) in [4.78, 5) is 32.3. The van der Waals surface area contributed by atoms with E-state index < -0.39 is 0 Å². The molecule has 0 bridgehead atoms. The number of carbonyl (C=O) groups excluding carboxylic acids is 2. The smallest absolute Gasteiger partial charge is 0.255 e. The Balaban J connectivity index is 1.76. The Hall–Kier alpha value is -2.63. The van der Waals surface area contributed by atoms with Gasteiger partial charge in [-0.15, -0.1) is 0 Å². The zero-order chi connectivity index (χ0) is 18.0. The van der Waals surface area contributed by atoms with Gasteiger partial charge in [0, 0.05) is 50.7 Å². The summed E-state index contributed by atoms with van der Waals surface area (Å²) in [5.41, 5.74) is 3.72. The highest BCUT2D eigenvalue weighted by atomic mass is 16.2. The van der Waals surface area contributed by atoms with Gasteiger partial charge in [-0.3, -0.25) is 14.6 Å². The van der Waals surface area contributed by atoms with E-state index in [0.29, 0.717) is 32.7 Å². The minimum Gasteiger partial charge on any atom is -0.342 e. The third-order valence-corrected chi connectivity index (χ3v) is 4.86. The van der Waals surface area contributed by atoms with Crippen molar-refractivity contribution in [3.8, 4) is 0 Å². The fourth-order valence-electron chi connectivity index (χ4n) is 3.31. The predicted molar refractivity (Wildman–Crippen MR) is 95.4 cm³/mol. The molecule has 0 radical (unpaired) electrons. The lowest BCUT2D eigenvalue weighted by Gasteiger charge is -2.34. The van der Waals surface area contributed by atoms with Crippen molar-refractivity contribution >= 4 is 11.8 Å². The molecule has 1 aliphatic heterocycles. The van der Waals surface area contributed by atoms with Gasteiger partial charge in [-0.2, -0.15) is 0 Å². The van der Waals surface area contributed by atoms with Crippen LogP contribution in [0, 0.1) is 13.8 Å². The molecule has 1 fully saturated rings. The van der Waals surface area contributed by atoms with Crippen LogP contribution < -0.4 is 0 Å². The van der Waals surface area contributed by atoms with Crippen LogP contribution in [0.2, 0.25) is 0 Å². The van der Waals surface area contributed by atoms with Gasteiger partial charge in [-0.25, -0.2) is 0 Å². The van der Waals surface area contributed by atoms with Crippen LogP contribution in [0.25, 0.3) is 0 Å². The highest BCUT2D eigenvalue weighted by Gasteiger charge is 2.26. The quantitative estimate of drug-likeness (QED) is 0.857. The average Bonchev–Trinajstić information content (AvgIpc) is 2.90. The Bertz CT molecular complexity index is 774. The number of amides is 2. The van der Waals surface area contributed by atoms with Crippen LogP contribution in [-0.2, 0) is 11.3 Å². The molecule has 0 atom stereocenters. The van der Waals surface area contributed by atoms with Crippen molar-refractivity contribution in [1.29, 1.82) is 0 Å². The third kappa shape index (κ3) is 3.57. The Morgan fingerprint density at radius 2 is 1.76 bits per heavy atom. The van der Waals surface area contributed by atoms with Crippen molar-refractivity contribution in [1.82, 2.24) is 19.4 Å².